The molecule has 2 saturated carbocycles. The number of fused-ring (bicyclic) bond motifs is 2. The maximum atomic E-state index is 15.4. The van der Waals surface area contributed by atoms with Gasteiger partial charge in [0, 0.05) is 35.7 Å². The maximum absolute atomic E-state index is 15.4. The number of hydrogen-bond acceptors (Lipinski definition) is 4. The van der Waals surface area contributed by atoms with Crippen LogP contribution < -0.4 is 0 Å². The first kappa shape index (κ1) is 25.6. The molecule has 2 aliphatic carbocycles. The van der Waals surface area contributed by atoms with Gasteiger partial charge in [0.2, 0.25) is 0 Å². The normalized spacial score (nSPS) is 20.5. The average molecular weight is 546 g/mol. The van der Waals surface area contributed by atoms with Gasteiger partial charge in [0.1, 0.15) is 11.5 Å². The first-order valence-electron chi connectivity index (χ1n) is 14.7. The number of rotatable bonds is 4. The Morgan fingerprint density at radius 2 is 1.85 bits per heavy atom. The van der Waals surface area contributed by atoms with Gasteiger partial charge in [-0.2, -0.15) is 10.4 Å². The molecular formula is C34H32FN5O. The summed E-state index contributed by atoms with van der Waals surface area (Å²) in [5.41, 5.74) is 7.44. The monoisotopic (exact) mass is 545 g/mol. The number of hydrogen-bond donors (Lipinski definition) is 0. The van der Waals surface area contributed by atoms with Crippen molar-refractivity contribution in [3.8, 4) is 17.3 Å². The zero-order valence-corrected chi connectivity index (χ0v) is 23.2. The highest BCUT2D eigenvalue weighted by Crippen LogP contribution is 2.41. The van der Waals surface area contributed by atoms with Crippen LogP contribution in [0.1, 0.15) is 90.3 Å². The number of amides is 1. The summed E-state index contributed by atoms with van der Waals surface area (Å²) in [6, 6.07) is 19.6. The van der Waals surface area contributed by atoms with Crippen molar-refractivity contribution in [1.29, 1.82) is 5.26 Å². The molecule has 0 N–H and O–H groups in total. The van der Waals surface area contributed by atoms with Gasteiger partial charge in [-0.25, -0.2) is 13.9 Å². The van der Waals surface area contributed by atoms with Crippen LogP contribution in [0.3, 0.4) is 0 Å². The molecular weight excluding hydrogens is 513 g/mol. The second-order valence-electron chi connectivity index (χ2n) is 11.7. The standard InChI is InChI=1S/C34H32FN5O/c1-21-27-5-3-2-4-25(27)14-15-39(21)34(41)31-18-32(26-11-12-26)40-33(37-31)19-30(38-40)28-13-10-24(17-29(28)35)16-22-6-8-23(20-36)9-7-22/h2-5,10,13,16-19,21,23,26H,6-9,11-12,14-15H2,1H3/t21-,23?/m1/s1. The quantitative estimate of drug-likeness (QED) is 0.270. The molecule has 7 rings (SSSR count). The van der Waals surface area contributed by atoms with E-state index in [1.54, 1.807) is 22.7 Å². The largest absolute Gasteiger partial charge is 0.330 e. The molecule has 1 aliphatic heterocycles. The summed E-state index contributed by atoms with van der Waals surface area (Å²) in [4.78, 5) is 20.4. The van der Waals surface area contributed by atoms with Crippen LogP contribution in [0.5, 0.6) is 0 Å². The first-order chi connectivity index (χ1) is 20.0. The molecule has 2 aromatic carbocycles. The molecule has 4 aromatic rings. The van der Waals surface area contributed by atoms with Gasteiger partial charge in [0.15, 0.2) is 5.65 Å². The third kappa shape index (κ3) is 4.82. The highest BCUT2D eigenvalue weighted by Gasteiger charge is 2.32. The molecule has 3 aliphatic rings. The lowest BCUT2D eigenvalue weighted by atomic mass is 9.86. The van der Waals surface area contributed by atoms with Gasteiger partial charge >= 0.3 is 0 Å². The predicted octanol–water partition coefficient (Wildman–Crippen LogP) is 7.27. The van der Waals surface area contributed by atoms with Gasteiger partial charge in [-0.1, -0.05) is 42.0 Å². The van der Waals surface area contributed by atoms with Crippen LogP contribution in [0.2, 0.25) is 0 Å². The topological polar surface area (TPSA) is 74.3 Å². The van der Waals surface area contributed by atoms with E-state index in [1.165, 1.54) is 16.7 Å². The van der Waals surface area contributed by atoms with Gasteiger partial charge in [0.05, 0.1) is 17.8 Å². The summed E-state index contributed by atoms with van der Waals surface area (Å²) in [7, 11) is 0. The number of aromatic nitrogens is 3. The van der Waals surface area contributed by atoms with E-state index in [2.05, 4.69) is 31.2 Å². The van der Waals surface area contributed by atoms with Crippen molar-refractivity contribution < 1.29 is 9.18 Å². The Bertz CT molecular complexity index is 1730. The number of carbonyl (C=O) groups is 1. The molecule has 2 fully saturated rings. The Balaban J connectivity index is 1.19. The molecule has 0 radical (unpaired) electrons. The van der Waals surface area contributed by atoms with Crippen LogP contribution >= 0.6 is 0 Å². The van der Waals surface area contributed by atoms with E-state index in [-0.39, 0.29) is 23.7 Å². The van der Waals surface area contributed by atoms with Crippen LogP contribution in [0.15, 0.2) is 60.2 Å². The van der Waals surface area contributed by atoms with Crippen molar-refractivity contribution in [2.45, 2.75) is 63.8 Å². The molecule has 206 valence electrons. The third-order valence-corrected chi connectivity index (χ3v) is 8.98. The van der Waals surface area contributed by atoms with Gasteiger partial charge in [-0.05, 0) is 86.8 Å². The SMILES string of the molecule is C[C@@H]1c2ccccc2CCN1C(=O)c1cc(C2CC2)n2nc(-c3ccc(C=C4CCC(C#N)CC4)cc3F)cc2n1. The van der Waals surface area contributed by atoms with Crippen LogP contribution in [0.4, 0.5) is 4.39 Å². The maximum Gasteiger partial charge on any atom is 0.273 e. The highest BCUT2D eigenvalue weighted by atomic mass is 19.1. The number of nitrogens with zero attached hydrogens (tertiary/aromatic N) is 5. The van der Waals surface area contributed by atoms with Crippen molar-refractivity contribution in [3.63, 3.8) is 0 Å². The minimum atomic E-state index is -0.335. The van der Waals surface area contributed by atoms with E-state index in [4.69, 9.17) is 15.3 Å². The molecule has 1 amide bonds. The minimum absolute atomic E-state index is 0.0284. The van der Waals surface area contributed by atoms with Gasteiger partial charge in [-0.15, -0.1) is 0 Å². The van der Waals surface area contributed by atoms with Gasteiger partial charge < -0.3 is 4.90 Å². The lowest BCUT2D eigenvalue weighted by Crippen LogP contribution is -2.39. The summed E-state index contributed by atoms with van der Waals surface area (Å²) in [5, 5.41) is 13.9. The van der Waals surface area contributed by atoms with Crippen molar-refractivity contribution >= 4 is 17.6 Å². The molecule has 0 spiro atoms. The zero-order valence-electron chi connectivity index (χ0n) is 23.2. The fraction of sp³-hybridized carbons (Fsp3) is 0.353. The Hall–Kier alpha value is -4.31. The fourth-order valence-corrected chi connectivity index (χ4v) is 6.43. The Morgan fingerprint density at radius 3 is 2.61 bits per heavy atom. The Kier molecular flexibility index (Phi) is 6.42. The molecule has 3 heterocycles. The Labute approximate surface area is 239 Å². The van der Waals surface area contributed by atoms with Crippen LogP contribution in [0.25, 0.3) is 23.0 Å². The molecule has 0 saturated heterocycles. The number of nitriles is 1. The zero-order chi connectivity index (χ0) is 28.1. The Morgan fingerprint density at radius 1 is 1.05 bits per heavy atom. The van der Waals surface area contributed by atoms with E-state index >= 15 is 4.39 Å². The molecule has 0 bridgehead atoms. The van der Waals surface area contributed by atoms with Crippen molar-refractivity contribution in [2.75, 3.05) is 6.54 Å². The second kappa shape index (κ2) is 10.3. The lowest BCUT2D eigenvalue weighted by molar-refractivity contribution is 0.0671. The molecule has 41 heavy (non-hydrogen) atoms. The molecule has 1 atom stereocenters. The fourth-order valence-electron chi connectivity index (χ4n) is 6.43. The van der Waals surface area contributed by atoms with Crippen LogP contribution in [0, 0.1) is 23.1 Å². The van der Waals surface area contributed by atoms with E-state index in [1.807, 2.05) is 29.2 Å². The lowest BCUT2D eigenvalue weighted by Gasteiger charge is -2.35. The molecule has 6 nitrogen and oxygen atoms in total. The molecule has 0 unspecified atom stereocenters. The highest BCUT2D eigenvalue weighted by molar-refractivity contribution is 5.93. The van der Waals surface area contributed by atoms with E-state index in [0.29, 0.717) is 35.1 Å². The van der Waals surface area contributed by atoms with Crippen molar-refractivity contribution in [1.82, 2.24) is 19.5 Å². The number of benzene rings is 2. The summed E-state index contributed by atoms with van der Waals surface area (Å²) < 4.78 is 17.2. The molecule has 7 heteroatoms. The summed E-state index contributed by atoms with van der Waals surface area (Å²) in [6.07, 6.45) is 8.47. The average Bonchev–Trinajstić information content (AvgIpc) is 3.75. The van der Waals surface area contributed by atoms with Crippen LogP contribution in [-0.4, -0.2) is 31.9 Å². The van der Waals surface area contributed by atoms with Crippen molar-refractivity contribution in [2.24, 2.45) is 5.92 Å². The summed E-state index contributed by atoms with van der Waals surface area (Å²) in [5.74, 6) is 0.0468. The first-order valence-corrected chi connectivity index (χ1v) is 14.7. The summed E-state index contributed by atoms with van der Waals surface area (Å²) in [6.45, 7) is 2.73. The van der Waals surface area contributed by atoms with Gasteiger partial charge in [-0.3, -0.25) is 4.79 Å². The van der Waals surface area contributed by atoms with Crippen LogP contribution in [-0.2, 0) is 6.42 Å². The molecule has 2 aromatic heterocycles. The van der Waals surface area contributed by atoms with E-state index in [0.717, 1.165) is 56.2 Å². The number of carbonyl (C=O) groups excluding carboxylic acids is 1. The number of halogens is 1. The van der Waals surface area contributed by atoms with Crippen molar-refractivity contribution in [3.05, 3.63) is 94.1 Å². The second-order valence-corrected chi connectivity index (χ2v) is 11.7. The summed E-state index contributed by atoms with van der Waals surface area (Å²) >= 11 is 0. The van der Waals surface area contributed by atoms with Gasteiger partial charge in [0.25, 0.3) is 5.91 Å². The van der Waals surface area contributed by atoms with E-state index in [9.17, 15) is 4.79 Å². The predicted molar refractivity (Wildman–Crippen MR) is 156 cm³/mol. The van der Waals surface area contributed by atoms with E-state index < -0.39 is 0 Å². The number of allylic oxidation sites excluding steroid dienone is 1. The minimum Gasteiger partial charge on any atom is -0.330 e. The smallest absolute Gasteiger partial charge is 0.273 e. The third-order valence-electron chi connectivity index (χ3n) is 8.98.